The van der Waals surface area contributed by atoms with Gasteiger partial charge in [0, 0.05) is 11.1 Å². The summed E-state index contributed by atoms with van der Waals surface area (Å²) in [5.74, 6) is 0.257. The number of benzene rings is 1. The van der Waals surface area contributed by atoms with Crippen LogP contribution in [0.5, 0.6) is 0 Å². The molecule has 2 aromatic heterocycles. The van der Waals surface area contributed by atoms with Gasteiger partial charge in [0.05, 0.1) is 6.42 Å². The quantitative estimate of drug-likeness (QED) is 0.680. The number of rotatable bonds is 5. The highest BCUT2D eigenvalue weighted by Gasteiger charge is 2.37. The van der Waals surface area contributed by atoms with E-state index in [0.29, 0.717) is 22.9 Å². The Hall–Kier alpha value is -3.21. The fraction of sp³-hybridized carbons (Fsp3) is 0.167. The molecule has 2 heterocycles. The average Bonchev–Trinajstić information content (AvgIpc) is 2.67. The molecule has 0 saturated carbocycles. The molecule has 0 fully saturated rings. The molecule has 1 aromatic carbocycles. The van der Waals surface area contributed by atoms with Gasteiger partial charge in [-0.3, -0.25) is 15.1 Å². The zero-order valence-corrected chi connectivity index (χ0v) is 15.8. The van der Waals surface area contributed by atoms with Crippen molar-refractivity contribution in [3.8, 4) is 11.5 Å². The summed E-state index contributed by atoms with van der Waals surface area (Å²) < 4.78 is 48.8. The summed E-state index contributed by atoms with van der Waals surface area (Å²) in [5.41, 5.74) is -3.87. The van der Waals surface area contributed by atoms with Crippen molar-refractivity contribution in [2.75, 3.05) is 5.32 Å². The Kier molecular flexibility index (Phi) is 5.97. The third kappa shape index (κ3) is 5.41. The smallest absolute Gasteiger partial charge is 0.294 e. The number of alkyl halides is 3. The van der Waals surface area contributed by atoms with Crippen LogP contribution in [0.15, 0.2) is 53.6 Å². The highest BCUT2D eigenvalue weighted by Crippen LogP contribution is 2.26. The lowest BCUT2D eigenvalue weighted by Gasteiger charge is -2.08. The number of aromatic nitrogens is 4. The van der Waals surface area contributed by atoms with Crippen LogP contribution in [0.3, 0.4) is 0 Å². The van der Waals surface area contributed by atoms with E-state index in [4.69, 9.17) is 0 Å². The first-order chi connectivity index (χ1) is 13.7. The van der Waals surface area contributed by atoms with Crippen LogP contribution in [0.25, 0.3) is 11.5 Å². The number of carbonyl (C=O) groups excluding carboxylic acids is 1. The van der Waals surface area contributed by atoms with Crippen LogP contribution in [0.4, 0.5) is 19.1 Å². The molecule has 0 spiro atoms. The predicted octanol–water partition coefficient (Wildman–Crippen LogP) is 3.05. The maximum atomic E-state index is 12.5. The van der Waals surface area contributed by atoms with E-state index in [2.05, 4.69) is 25.3 Å². The van der Waals surface area contributed by atoms with Crippen molar-refractivity contribution in [3.63, 3.8) is 0 Å². The van der Waals surface area contributed by atoms with E-state index in [1.54, 1.807) is 31.3 Å². The maximum absolute atomic E-state index is 12.5. The maximum Gasteiger partial charge on any atom is 0.475 e. The minimum absolute atomic E-state index is 0.0398. The average molecular weight is 421 g/mol. The Balaban J connectivity index is 1.70. The minimum atomic E-state index is -4.83. The van der Waals surface area contributed by atoms with E-state index in [-0.39, 0.29) is 17.3 Å². The van der Waals surface area contributed by atoms with Gasteiger partial charge in [0.1, 0.15) is 11.5 Å². The van der Waals surface area contributed by atoms with Gasteiger partial charge in [0.2, 0.25) is 11.9 Å². The number of halogens is 3. The van der Waals surface area contributed by atoms with E-state index < -0.39 is 22.2 Å². The van der Waals surface area contributed by atoms with E-state index in [1.165, 1.54) is 12.1 Å². The summed E-state index contributed by atoms with van der Waals surface area (Å²) in [6.07, 6.45) is 1.46. The van der Waals surface area contributed by atoms with Crippen LogP contribution in [0.1, 0.15) is 11.4 Å². The number of amides is 1. The molecule has 1 amide bonds. The number of nitrogens with one attached hydrogen (secondary N) is 1. The second kappa shape index (κ2) is 8.43. The van der Waals surface area contributed by atoms with Crippen LogP contribution in [0.2, 0.25) is 0 Å². The van der Waals surface area contributed by atoms with Crippen molar-refractivity contribution in [3.05, 3.63) is 60.0 Å². The van der Waals surface area contributed by atoms with Crippen molar-refractivity contribution >= 4 is 22.7 Å². The van der Waals surface area contributed by atoms with Gasteiger partial charge in [-0.1, -0.05) is 18.2 Å². The van der Waals surface area contributed by atoms with Gasteiger partial charge >= 0.3 is 5.51 Å². The van der Waals surface area contributed by atoms with Gasteiger partial charge in [-0.15, -0.1) is 0 Å². The number of pyridine rings is 1. The molecule has 0 aliphatic rings. The molecular weight excluding hydrogens is 407 g/mol. The number of hydrogen-bond acceptors (Lipinski definition) is 6. The molecule has 0 radical (unpaired) electrons. The van der Waals surface area contributed by atoms with Crippen LogP contribution in [-0.2, 0) is 22.0 Å². The second-order valence-electron chi connectivity index (χ2n) is 5.83. The first-order valence-corrected chi connectivity index (χ1v) is 9.39. The Morgan fingerprint density at radius 3 is 2.41 bits per heavy atom. The molecule has 1 unspecified atom stereocenters. The molecule has 0 aliphatic carbocycles. The summed E-state index contributed by atoms with van der Waals surface area (Å²) in [6, 6.07) is 10.0. The first-order valence-electron chi connectivity index (χ1n) is 8.24. The zero-order valence-electron chi connectivity index (χ0n) is 15.0. The van der Waals surface area contributed by atoms with Crippen molar-refractivity contribution in [1.29, 1.82) is 0 Å². The standard InChI is InChI=1S/C18H14F3N5O2S/c1-11-23-16(14-4-2-3-9-22-14)26-17(24-11)25-15(27)10-12-5-7-13(8-6-12)29(28)18(19,20)21/h2-9H,10H2,1H3,(H,23,24,25,26,27). The van der Waals surface area contributed by atoms with E-state index in [0.717, 1.165) is 12.1 Å². The number of hydrogen-bond donors (Lipinski definition) is 1. The molecule has 29 heavy (non-hydrogen) atoms. The van der Waals surface area contributed by atoms with Crippen LogP contribution in [-0.4, -0.2) is 35.6 Å². The summed E-state index contributed by atoms with van der Waals surface area (Å²) in [7, 11) is -3.11. The highest BCUT2D eigenvalue weighted by molar-refractivity contribution is 7.86. The number of nitrogens with zero attached hydrogens (tertiary/aromatic N) is 4. The molecule has 150 valence electrons. The van der Waals surface area contributed by atoms with E-state index in [1.807, 2.05) is 0 Å². The summed E-state index contributed by atoms with van der Waals surface area (Å²) >= 11 is 0. The molecule has 3 rings (SSSR count). The normalized spacial score (nSPS) is 12.4. The molecular formula is C18H14F3N5O2S. The van der Waals surface area contributed by atoms with Crippen LogP contribution < -0.4 is 5.32 Å². The molecule has 0 bridgehead atoms. The van der Waals surface area contributed by atoms with Gasteiger partial charge in [-0.2, -0.15) is 23.1 Å². The third-order valence-corrected chi connectivity index (χ3v) is 4.73. The molecule has 7 nitrogen and oxygen atoms in total. The van der Waals surface area contributed by atoms with Crippen molar-refractivity contribution in [2.45, 2.75) is 23.7 Å². The lowest BCUT2D eigenvalue weighted by molar-refractivity contribution is -0.115. The largest absolute Gasteiger partial charge is 0.475 e. The molecule has 0 aliphatic heterocycles. The molecule has 11 heteroatoms. The van der Waals surface area contributed by atoms with Crippen LogP contribution >= 0.6 is 0 Å². The summed E-state index contributed by atoms with van der Waals surface area (Å²) in [4.78, 5) is 28.4. The van der Waals surface area contributed by atoms with Gasteiger partial charge < -0.3 is 0 Å². The fourth-order valence-electron chi connectivity index (χ4n) is 2.37. The summed E-state index contributed by atoms with van der Waals surface area (Å²) in [5, 5.41) is 2.53. The number of aryl methyl sites for hydroxylation is 1. The lowest BCUT2D eigenvalue weighted by Crippen LogP contribution is -2.18. The van der Waals surface area contributed by atoms with Crippen molar-refractivity contribution in [1.82, 2.24) is 19.9 Å². The third-order valence-electron chi connectivity index (χ3n) is 3.60. The van der Waals surface area contributed by atoms with Gasteiger partial charge in [-0.05, 0) is 36.8 Å². The minimum Gasteiger partial charge on any atom is -0.294 e. The van der Waals surface area contributed by atoms with Crippen molar-refractivity contribution < 1.29 is 22.2 Å². The Labute approximate surface area is 165 Å². The number of carbonyl (C=O) groups is 1. The Bertz CT molecular complexity index is 1040. The highest BCUT2D eigenvalue weighted by atomic mass is 32.2. The molecule has 1 atom stereocenters. The lowest BCUT2D eigenvalue weighted by atomic mass is 10.1. The van der Waals surface area contributed by atoms with E-state index in [9.17, 15) is 22.2 Å². The number of anilines is 1. The SMILES string of the molecule is Cc1nc(NC(=O)Cc2ccc(S(=O)C(F)(F)F)cc2)nc(-c2ccccn2)n1. The topological polar surface area (TPSA) is 97.7 Å². The van der Waals surface area contributed by atoms with Crippen LogP contribution in [0, 0.1) is 6.92 Å². The monoisotopic (exact) mass is 421 g/mol. The Morgan fingerprint density at radius 1 is 1.07 bits per heavy atom. The van der Waals surface area contributed by atoms with Crippen molar-refractivity contribution in [2.24, 2.45) is 0 Å². The summed E-state index contributed by atoms with van der Waals surface area (Å²) in [6.45, 7) is 1.64. The molecule has 3 aromatic rings. The zero-order chi connectivity index (χ0) is 21.0. The van der Waals surface area contributed by atoms with E-state index >= 15 is 0 Å². The van der Waals surface area contributed by atoms with Gasteiger partial charge in [0.25, 0.3) is 0 Å². The van der Waals surface area contributed by atoms with Gasteiger partial charge in [-0.25, -0.2) is 9.19 Å². The molecule has 0 saturated heterocycles. The fourth-order valence-corrected chi connectivity index (χ4v) is 3.02. The second-order valence-corrected chi connectivity index (χ2v) is 7.30. The molecule has 1 N–H and O–H groups in total. The Morgan fingerprint density at radius 2 is 1.79 bits per heavy atom. The predicted molar refractivity (Wildman–Crippen MR) is 99.0 cm³/mol. The van der Waals surface area contributed by atoms with Gasteiger partial charge in [0.15, 0.2) is 16.6 Å². The first kappa shape index (κ1) is 20.5.